The van der Waals surface area contributed by atoms with Crippen LogP contribution in [0.2, 0.25) is 0 Å². The number of nitrogens with one attached hydrogen (secondary N) is 2. The highest BCUT2D eigenvalue weighted by Crippen LogP contribution is 2.45. The number of hydrogen-bond acceptors (Lipinski definition) is 6. The number of hydroxylamine groups is 1. The van der Waals surface area contributed by atoms with Crippen molar-refractivity contribution in [2.45, 2.75) is 59.9 Å². The van der Waals surface area contributed by atoms with E-state index in [4.69, 9.17) is 11.6 Å². The summed E-state index contributed by atoms with van der Waals surface area (Å²) in [5.41, 5.74) is 9.46. The summed E-state index contributed by atoms with van der Waals surface area (Å²) in [6.07, 6.45) is 4.37. The van der Waals surface area contributed by atoms with E-state index in [-0.39, 0.29) is 30.5 Å². The molecule has 0 aromatic heterocycles. The number of hydrogen-bond donors (Lipinski definition) is 5. The van der Waals surface area contributed by atoms with E-state index in [0.29, 0.717) is 6.42 Å². The second kappa shape index (κ2) is 13.2. The van der Waals surface area contributed by atoms with Gasteiger partial charge >= 0.3 is 0 Å². The molecule has 1 rings (SSSR count). The third kappa shape index (κ3) is 7.48. The van der Waals surface area contributed by atoms with E-state index < -0.39 is 35.1 Å². The normalized spacial score (nSPS) is 16.3. The Morgan fingerprint density at radius 3 is 2.12 bits per heavy atom. The molecule has 0 heterocycles. The molecule has 7 N–H and O–H groups in total. The Hall–Kier alpha value is -2.55. The van der Waals surface area contributed by atoms with Crippen molar-refractivity contribution in [2.75, 3.05) is 0 Å². The van der Waals surface area contributed by atoms with Crippen LogP contribution in [0.3, 0.4) is 0 Å². The SMILES string of the molecule is CCC(N)C(=O)C(/C=C/c1ccccc1)(CC(C)C)[C@@H](C(=O)NO)[C@@H](CC(C)C)C(=O)NN. The van der Waals surface area contributed by atoms with Crippen LogP contribution in [-0.2, 0) is 14.4 Å². The first-order chi connectivity index (χ1) is 15.5. The Labute approximate surface area is 197 Å². The van der Waals surface area contributed by atoms with Gasteiger partial charge in [0.1, 0.15) is 0 Å². The van der Waals surface area contributed by atoms with Crippen molar-refractivity contribution in [3.63, 3.8) is 0 Å². The van der Waals surface area contributed by atoms with E-state index in [9.17, 15) is 19.6 Å². The van der Waals surface area contributed by atoms with Crippen LogP contribution >= 0.6 is 0 Å². The second-order valence-electron chi connectivity index (χ2n) is 9.46. The smallest absolute Gasteiger partial charge is 0.248 e. The summed E-state index contributed by atoms with van der Waals surface area (Å²) in [6.45, 7) is 9.49. The Kier molecular flexibility index (Phi) is 11.4. The molecule has 1 aromatic carbocycles. The summed E-state index contributed by atoms with van der Waals surface area (Å²) in [5.74, 6) is 1.55. The van der Waals surface area contributed by atoms with E-state index in [1.54, 1.807) is 24.6 Å². The van der Waals surface area contributed by atoms with Crippen LogP contribution in [-0.4, -0.2) is 28.8 Å². The molecule has 4 atom stereocenters. The highest BCUT2D eigenvalue weighted by molar-refractivity contribution is 5.99. The zero-order valence-electron chi connectivity index (χ0n) is 20.4. The summed E-state index contributed by atoms with van der Waals surface area (Å²) >= 11 is 0. The van der Waals surface area contributed by atoms with Gasteiger partial charge in [-0.1, -0.05) is 77.1 Å². The summed E-state index contributed by atoms with van der Waals surface area (Å²) in [4.78, 5) is 40.0. The van der Waals surface area contributed by atoms with Gasteiger partial charge in [-0.05, 0) is 36.7 Å². The molecule has 0 aliphatic heterocycles. The molecule has 0 bridgehead atoms. The second-order valence-corrected chi connectivity index (χ2v) is 9.46. The average molecular weight is 461 g/mol. The maximum Gasteiger partial charge on any atom is 0.248 e. The Bertz CT molecular complexity index is 810. The molecule has 184 valence electrons. The molecule has 0 aliphatic carbocycles. The molecule has 2 amide bonds. The molecule has 0 spiro atoms. The number of amides is 2. The van der Waals surface area contributed by atoms with E-state index in [2.05, 4.69) is 5.43 Å². The number of allylic oxidation sites excluding steroid dienone is 1. The molecule has 8 heteroatoms. The van der Waals surface area contributed by atoms with Crippen molar-refractivity contribution >= 4 is 23.7 Å². The summed E-state index contributed by atoms with van der Waals surface area (Å²) in [5, 5.41) is 9.67. The van der Waals surface area contributed by atoms with Crippen LogP contribution in [0.5, 0.6) is 0 Å². The maximum atomic E-state index is 13.9. The van der Waals surface area contributed by atoms with Crippen LogP contribution < -0.4 is 22.5 Å². The topological polar surface area (TPSA) is 148 Å². The zero-order valence-corrected chi connectivity index (χ0v) is 20.4. The van der Waals surface area contributed by atoms with Gasteiger partial charge in [0.15, 0.2) is 5.78 Å². The van der Waals surface area contributed by atoms with Gasteiger partial charge in [0.2, 0.25) is 11.8 Å². The van der Waals surface area contributed by atoms with Crippen LogP contribution in [0.15, 0.2) is 36.4 Å². The van der Waals surface area contributed by atoms with Crippen LogP contribution in [0, 0.1) is 29.1 Å². The first-order valence-corrected chi connectivity index (χ1v) is 11.5. The minimum atomic E-state index is -1.45. The largest absolute Gasteiger partial charge is 0.321 e. The zero-order chi connectivity index (χ0) is 25.2. The van der Waals surface area contributed by atoms with Crippen molar-refractivity contribution in [3.05, 3.63) is 42.0 Å². The number of hydrazine groups is 1. The molecule has 0 saturated carbocycles. The fourth-order valence-corrected chi connectivity index (χ4v) is 4.50. The standard InChI is InChI=1S/C25H40N4O4/c1-6-20(26)22(30)25(15-17(4)5,13-12-18-10-8-7-9-11-18)21(24(32)29-33)19(14-16(2)3)23(31)28-27/h7-13,16-17,19-21,33H,6,14-15,26-27H2,1-5H3,(H,28,31)(H,29,32)/b13-12+/t19-,20?,21-,25?/m1/s1. The minimum absolute atomic E-state index is 0.0195. The van der Waals surface area contributed by atoms with Crippen LogP contribution in [0.25, 0.3) is 6.08 Å². The monoisotopic (exact) mass is 460 g/mol. The first kappa shape index (κ1) is 28.5. The number of nitrogens with two attached hydrogens (primary N) is 2. The van der Waals surface area contributed by atoms with Gasteiger partial charge < -0.3 is 5.73 Å². The van der Waals surface area contributed by atoms with Crippen molar-refractivity contribution < 1.29 is 19.6 Å². The van der Waals surface area contributed by atoms with Gasteiger partial charge in [-0.15, -0.1) is 0 Å². The van der Waals surface area contributed by atoms with Gasteiger partial charge in [-0.2, -0.15) is 0 Å². The lowest BCUT2D eigenvalue weighted by Crippen LogP contribution is -2.56. The molecule has 0 fully saturated rings. The van der Waals surface area contributed by atoms with Crippen LogP contribution in [0.4, 0.5) is 0 Å². The third-order valence-corrected chi connectivity index (χ3v) is 5.91. The fourth-order valence-electron chi connectivity index (χ4n) is 4.50. The molecule has 33 heavy (non-hydrogen) atoms. The lowest BCUT2D eigenvalue weighted by atomic mass is 9.60. The predicted molar refractivity (Wildman–Crippen MR) is 129 cm³/mol. The third-order valence-electron chi connectivity index (χ3n) is 5.91. The predicted octanol–water partition coefficient (Wildman–Crippen LogP) is 2.81. The molecule has 0 saturated heterocycles. The van der Waals surface area contributed by atoms with Crippen molar-refractivity contribution in [2.24, 2.45) is 40.7 Å². The summed E-state index contributed by atoms with van der Waals surface area (Å²) in [6, 6.07) is 8.51. The first-order valence-electron chi connectivity index (χ1n) is 11.5. The Balaban J connectivity index is 3.92. The summed E-state index contributed by atoms with van der Waals surface area (Å²) in [7, 11) is 0. The molecule has 2 unspecified atom stereocenters. The van der Waals surface area contributed by atoms with Crippen molar-refractivity contribution in [3.8, 4) is 0 Å². The maximum absolute atomic E-state index is 13.9. The molecule has 0 radical (unpaired) electrons. The molecule has 0 aliphatic rings. The van der Waals surface area contributed by atoms with Gasteiger partial charge in [0, 0.05) is 0 Å². The van der Waals surface area contributed by atoms with Crippen molar-refractivity contribution in [1.29, 1.82) is 0 Å². The highest BCUT2D eigenvalue weighted by Gasteiger charge is 2.53. The van der Waals surface area contributed by atoms with E-state index in [1.807, 2.05) is 58.0 Å². The fraction of sp³-hybridized carbons (Fsp3) is 0.560. The van der Waals surface area contributed by atoms with E-state index in [1.165, 1.54) is 0 Å². The average Bonchev–Trinajstić information content (AvgIpc) is 2.80. The molecule has 8 nitrogen and oxygen atoms in total. The molecule has 1 aromatic rings. The highest BCUT2D eigenvalue weighted by atomic mass is 16.5. The molecular formula is C25H40N4O4. The summed E-state index contributed by atoms with van der Waals surface area (Å²) < 4.78 is 0. The van der Waals surface area contributed by atoms with E-state index in [0.717, 1.165) is 5.56 Å². The quantitative estimate of drug-likeness (QED) is 0.132. The lowest BCUT2D eigenvalue weighted by Gasteiger charge is -2.42. The van der Waals surface area contributed by atoms with Gasteiger partial charge in [0.05, 0.1) is 23.3 Å². The number of Topliss-reactive ketones (excluding diaryl/α,β-unsaturated/α-hetero) is 1. The van der Waals surface area contributed by atoms with E-state index >= 15 is 0 Å². The minimum Gasteiger partial charge on any atom is -0.321 e. The van der Waals surface area contributed by atoms with Gasteiger partial charge in [0.25, 0.3) is 0 Å². The number of rotatable bonds is 13. The van der Waals surface area contributed by atoms with Gasteiger partial charge in [-0.3, -0.25) is 25.0 Å². The number of benzene rings is 1. The Morgan fingerprint density at radius 1 is 1.06 bits per heavy atom. The van der Waals surface area contributed by atoms with Crippen LogP contribution in [0.1, 0.15) is 59.4 Å². The number of carbonyl (C=O) groups excluding carboxylic acids is 3. The van der Waals surface area contributed by atoms with Gasteiger partial charge in [-0.25, -0.2) is 11.3 Å². The lowest BCUT2D eigenvalue weighted by molar-refractivity contribution is -0.151. The molecular weight excluding hydrogens is 420 g/mol. The number of carbonyl (C=O) groups is 3. The van der Waals surface area contributed by atoms with Crippen molar-refractivity contribution in [1.82, 2.24) is 10.9 Å². The number of ketones is 1. The Morgan fingerprint density at radius 2 is 1.67 bits per heavy atom.